The van der Waals surface area contributed by atoms with Gasteiger partial charge in [-0.2, -0.15) is 0 Å². The molecule has 0 unspecified atom stereocenters. The summed E-state index contributed by atoms with van der Waals surface area (Å²) >= 11 is 3.30. The van der Waals surface area contributed by atoms with Gasteiger partial charge < -0.3 is 4.74 Å². The van der Waals surface area contributed by atoms with Gasteiger partial charge in [0.1, 0.15) is 12.1 Å². The van der Waals surface area contributed by atoms with Crippen molar-refractivity contribution < 1.29 is 9.53 Å². The minimum absolute atomic E-state index is 0.257. The van der Waals surface area contributed by atoms with E-state index in [1.165, 1.54) is 13.4 Å². The van der Waals surface area contributed by atoms with E-state index in [1.807, 2.05) is 12.1 Å². The second-order valence-corrected chi connectivity index (χ2v) is 3.91. The number of halogens is 1. The first-order chi connectivity index (χ1) is 7.70. The first kappa shape index (κ1) is 10.8. The summed E-state index contributed by atoms with van der Waals surface area (Å²) in [7, 11) is 1.32. The monoisotopic (exact) mass is 281 g/mol. The summed E-state index contributed by atoms with van der Waals surface area (Å²) in [6.45, 7) is 0. The lowest BCUT2D eigenvalue weighted by Crippen LogP contribution is -2.01. The fourth-order valence-corrected chi connectivity index (χ4v) is 1.41. The average molecular weight is 282 g/mol. The molecular formula is C10H8BrN3O2. The molecule has 0 aliphatic rings. The second kappa shape index (κ2) is 4.44. The van der Waals surface area contributed by atoms with E-state index in [9.17, 15) is 4.79 Å². The van der Waals surface area contributed by atoms with Crippen LogP contribution in [0.1, 0.15) is 10.5 Å². The van der Waals surface area contributed by atoms with Crippen molar-refractivity contribution >= 4 is 21.9 Å². The molecule has 0 saturated carbocycles. The van der Waals surface area contributed by atoms with Crippen LogP contribution in [-0.4, -0.2) is 27.6 Å². The normalized spacial score (nSPS) is 10.1. The van der Waals surface area contributed by atoms with Gasteiger partial charge in [0.2, 0.25) is 0 Å². The highest BCUT2D eigenvalue weighted by Gasteiger charge is 2.09. The number of carbonyl (C=O) groups is 1. The molecule has 0 saturated heterocycles. The Morgan fingerprint density at radius 3 is 2.88 bits per heavy atom. The number of pyridine rings is 1. The average Bonchev–Trinajstić information content (AvgIpc) is 2.78. The maximum Gasteiger partial charge on any atom is 0.358 e. The second-order valence-electron chi connectivity index (χ2n) is 2.99. The SMILES string of the molecule is COC(=O)c1cn(-c2ccc(Br)cn2)cn1. The van der Waals surface area contributed by atoms with Gasteiger partial charge in [-0.05, 0) is 28.1 Å². The van der Waals surface area contributed by atoms with E-state index in [4.69, 9.17) is 0 Å². The number of carbonyl (C=O) groups excluding carboxylic acids is 1. The van der Waals surface area contributed by atoms with Crippen molar-refractivity contribution in [3.05, 3.63) is 41.0 Å². The number of esters is 1. The Kier molecular flexibility index (Phi) is 3.00. The minimum atomic E-state index is -0.462. The number of nitrogens with zero attached hydrogens (tertiary/aromatic N) is 3. The van der Waals surface area contributed by atoms with Gasteiger partial charge in [-0.25, -0.2) is 14.8 Å². The van der Waals surface area contributed by atoms with Crippen molar-refractivity contribution in [2.75, 3.05) is 7.11 Å². The van der Waals surface area contributed by atoms with Crippen molar-refractivity contribution in [1.29, 1.82) is 0 Å². The van der Waals surface area contributed by atoms with E-state index in [0.29, 0.717) is 5.82 Å². The maximum atomic E-state index is 11.2. The van der Waals surface area contributed by atoms with Crippen molar-refractivity contribution in [2.45, 2.75) is 0 Å². The number of methoxy groups -OCH3 is 1. The van der Waals surface area contributed by atoms with Gasteiger partial charge in [-0.3, -0.25) is 4.57 Å². The molecule has 0 N–H and O–H groups in total. The first-order valence-electron chi connectivity index (χ1n) is 4.45. The molecule has 0 radical (unpaired) electrons. The van der Waals surface area contributed by atoms with Crippen LogP contribution in [0.3, 0.4) is 0 Å². The van der Waals surface area contributed by atoms with Gasteiger partial charge >= 0.3 is 5.97 Å². The van der Waals surface area contributed by atoms with Crippen LogP contribution in [0.4, 0.5) is 0 Å². The molecule has 5 nitrogen and oxygen atoms in total. The fourth-order valence-electron chi connectivity index (χ4n) is 1.18. The van der Waals surface area contributed by atoms with Crippen LogP contribution >= 0.6 is 15.9 Å². The Hall–Kier alpha value is -1.69. The molecule has 16 heavy (non-hydrogen) atoms. The molecule has 0 fully saturated rings. The lowest BCUT2D eigenvalue weighted by molar-refractivity contribution is 0.0594. The van der Waals surface area contributed by atoms with E-state index >= 15 is 0 Å². The molecule has 2 heterocycles. The Bertz CT molecular complexity index is 507. The predicted octanol–water partition coefficient (Wildman–Crippen LogP) is 1.82. The van der Waals surface area contributed by atoms with Crippen LogP contribution < -0.4 is 0 Å². The van der Waals surface area contributed by atoms with Crippen molar-refractivity contribution in [3.63, 3.8) is 0 Å². The Labute approximate surface area is 100 Å². The molecular weight excluding hydrogens is 274 g/mol. The van der Waals surface area contributed by atoms with Crippen LogP contribution in [0.2, 0.25) is 0 Å². The third kappa shape index (κ3) is 2.11. The quantitative estimate of drug-likeness (QED) is 0.788. The maximum absolute atomic E-state index is 11.2. The summed E-state index contributed by atoms with van der Waals surface area (Å²) < 4.78 is 7.11. The molecule has 0 bridgehead atoms. The molecule has 0 aliphatic heterocycles. The zero-order valence-electron chi connectivity index (χ0n) is 8.42. The summed E-state index contributed by atoms with van der Waals surface area (Å²) in [5, 5.41) is 0. The molecule has 0 amide bonds. The highest BCUT2D eigenvalue weighted by Crippen LogP contribution is 2.11. The van der Waals surface area contributed by atoms with Gasteiger partial charge in [0.15, 0.2) is 5.69 Å². The number of rotatable bonds is 2. The minimum Gasteiger partial charge on any atom is -0.464 e. The lowest BCUT2D eigenvalue weighted by Gasteiger charge is -1.99. The number of aromatic nitrogens is 3. The topological polar surface area (TPSA) is 57.0 Å². The molecule has 6 heteroatoms. The van der Waals surface area contributed by atoms with Crippen LogP contribution in [0, 0.1) is 0 Å². The molecule has 2 aromatic heterocycles. The van der Waals surface area contributed by atoms with Crippen molar-refractivity contribution in [2.24, 2.45) is 0 Å². The Morgan fingerprint density at radius 2 is 2.25 bits per heavy atom. The summed E-state index contributed by atoms with van der Waals surface area (Å²) in [6, 6.07) is 3.67. The van der Waals surface area contributed by atoms with Gasteiger partial charge in [-0.15, -0.1) is 0 Å². The van der Waals surface area contributed by atoms with Gasteiger partial charge in [0.05, 0.1) is 7.11 Å². The van der Waals surface area contributed by atoms with E-state index in [2.05, 4.69) is 30.6 Å². The van der Waals surface area contributed by atoms with E-state index < -0.39 is 5.97 Å². The highest BCUT2D eigenvalue weighted by atomic mass is 79.9. The lowest BCUT2D eigenvalue weighted by atomic mass is 10.4. The molecule has 0 aromatic carbocycles. The third-order valence-electron chi connectivity index (χ3n) is 1.95. The molecule has 0 aliphatic carbocycles. The standard InChI is InChI=1S/C10H8BrN3O2/c1-16-10(15)8-5-14(6-13-8)9-3-2-7(11)4-12-9/h2-6H,1H3. The zero-order chi connectivity index (χ0) is 11.5. The number of imidazole rings is 1. The van der Waals surface area contributed by atoms with Crippen LogP contribution in [0.25, 0.3) is 5.82 Å². The smallest absolute Gasteiger partial charge is 0.358 e. The summed E-state index contributed by atoms with van der Waals surface area (Å²) in [5.41, 5.74) is 0.257. The van der Waals surface area contributed by atoms with Crippen LogP contribution in [0.5, 0.6) is 0 Å². The summed E-state index contributed by atoms with van der Waals surface area (Å²) in [5.74, 6) is 0.224. The predicted molar refractivity (Wildman–Crippen MR) is 60.4 cm³/mol. The Balaban J connectivity index is 2.31. The van der Waals surface area contributed by atoms with E-state index in [-0.39, 0.29) is 5.69 Å². The zero-order valence-corrected chi connectivity index (χ0v) is 10.0. The first-order valence-corrected chi connectivity index (χ1v) is 5.24. The van der Waals surface area contributed by atoms with Crippen LogP contribution in [-0.2, 0) is 4.74 Å². The van der Waals surface area contributed by atoms with Gasteiger partial charge in [0.25, 0.3) is 0 Å². The van der Waals surface area contributed by atoms with Gasteiger partial charge in [0, 0.05) is 16.9 Å². The molecule has 2 aromatic rings. The van der Waals surface area contributed by atoms with E-state index in [1.54, 1.807) is 17.0 Å². The summed E-state index contributed by atoms with van der Waals surface area (Å²) in [4.78, 5) is 19.3. The highest BCUT2D eigenvalue weighted by molar-refractivity contribution is 9.10. The van der Waals surface area contributed by atoms with Crippen molar-refractivity contribution in [3.8, 4) is 5.82 Å². The number of hydrogen-bond donors (Lipinski definition) is 0. The van der Waals surface area contributed by atoms with E-state index in [0.717, 1.165) is 4.47 Å². The molecule has 0 spiro atoms. The third-order valence-corrected chi connectivity index (χ3v) is 2.42. The molecule has 2 rings (SSSR count). The largest absolute Gasteiger partial charge is 0.464 e. The molecule has 82 valence electrons. The number of hydrogen-bond acceptors (Lipinski definition) is 4. The van der Waals surface area contributed by atoms with Crippen LogP contribution in [0.15, 0.2) is 35.3 Å². The Morgan fingerprint density at radius 1 is 1.44 bits per heavy atom. The fraction of sp³-hybridized carbons (Fsp3) is 0.100. The number of ether oxygens (including phenoxy) is 1. The summed E-state index contributed by atoms with van der Waals surface area (Å²) in [6.07, 6.45) is 4.76. The molecule has 0 atom stereocenters. The van der Waals surface area contributed by atoms with Gasteiger partial charge in [-0.1, -0.05) is 0 Å². The van der Waals surface area contributed by atoms with Crippen molar-refractivity contribution in [1.82, 2.24) is 14.5 Å².